The summed E-state index contributed by atoms with van der Waals surface area (Å²) >= 11 is 0. The molecule has 0 aliphatic rings. The lowest BCUT2D eigenvalue weighted by Gasteiger charge is -2.21. The molecule has 0 amide bonds. The van der Waals surface area contributed by atoms with E-state index in [-0.39, 0.29) is 0 Å². The maximum absolute atomic E-state index is 8.95. The standard InChI is InChI=1S/C21H20N4/c22-10-4-14-25(16-18-8-12-23-13-9-18)17-19-5-3-6-20(15-19)21-7-1-2-11-24-21/h1-3,5-9,11-13,15H,4,14,16-17H2. The molecule has 124 valence electrons. The zero-order chi connectivity index (χ0) is 17.3. The second-order valence-corrected chi connectivity index (χ2v) is 5.89. The summed E-state index contributed by atoms with van der Waals surface area (Å²) < 4.78 is 0. The number of hydrogen-bond donors (Lipinski definition) is 0. The third-order valence-corrected chi connectivity index (χ3v) is 3.99. The average Bonchev–Trinajstić information content (AvgIpc) is 2.68. The number of aromatic nitrogens is 2. The second kappa shape index (κ2) is 8.72. The van der Waals surface area contributed by atoms with Gasteiger partial charge in [0.15, 0.2) is 0 Å². The van der Waals surface area contributed by atoms with Crippen molar-refractivity contribution in [2.45, 2.75) is 19.5 Å². The van der Waals surface area contributed by atoms with Gasteiger partial charge in [-0.2, -0.15) is 5.26 Å². The smallest absolute Gasteiger partial charge is 0.0702 e. The molecule has 25 heavy (non-hydrogen) atoms. The lowest BCUT2D eigenvalue weighted by Crippen LogP contribution is -2.23. The minimum atomic E-state index is 0.519. The van der Waals surface area contributed by atoms with Gasteiger partial charge in [0.1, 0.15) is 0 Å². The van der Waals surface area contributed by atoms with Gasteiger partial charge in [-0.3, -0.25) is 14.9 Å². The van der Waals surface area contributed by atoms with Gasteiger partial charge < -0.3 is 0 Å². The van der Waals surface area contributed by atoms with Crippen molar-refractivity contribution in [3.8, 4) is 17.3 Å². The predicted molar refractivity (Wildman–Crippen MR) is 98.3 cm³/mol. The Morgan fingerprint density at radius 2 is 1.72 bits per heavy atom. The van der Waals surface area contributed by atoms with Crippen LogP contribution < -0.4 is 0 Å². The minimum Gasteiger partial charge on any atom is -0.294 e. The van der Waals surface area contributed by atoms with Crippen LogP contribution in [0.1, 0.15) is 17.5 Å². The zero-order valence-corrected chi connectivity index (χ0v) is 14.0. The van der Waals surface area contributed by atoms with Crippen LogP contribution in [-0.2, 0) is 13.1 Å². The summed E-state index contributed by atoms with van der Waals surface area (Å²) in [5.74, 6) is 0. The van der Waals surface area contributed by atoms with Crippen LogP contribution in [0, 0.1) is 11.3 Å². The van der Waals surface area contributed by atoms with Gasteiger partial charge in [-0.1, -0.05) is 24.3 Å². The highest BCUT2D eigenvalue weighted by atomic mass is 15.1. The quantitative estimate of drug-likeness (QED) is 0.656. The molecule has 2 heterocycles. The van der Waals surface area contributed by atoms with Crippen molar-refractivity contribution in [3.05, 3.63) is 84.3 Å². The van der Waals surface area contributed by atoms with Crippen LogP contribution in [0.2, 0.25) is 0 Å². The molecule has 2 aromatic heterocycles. The Hall–Kier alpha value is -3.03. The molecule has 0 saturated heterocycles. The molecule has 0 saturated carbocycles. The van der Waals surface area contributed by atoms with Gasteiger partial charge in [-0.05, 0) is 41.5 Å². The number of benzene rings is 1. The average molecular weight is 328 g/mol. The Morgan fingerprint density at radius 1 is 0.880 bits per heavy atom. The van der Waals surface area contributed by atoms with E-state index in [0.717, 1.165) is 30.9 Å². The fourth-order valence-electron chi connectivity index (χ4n) is 2.79. The summed E-state index contributed by atoms with van der Waals surface area (Å²) in [6, 6.07) is 20.7. The molecule has 0 aliphatic carbocycles. The Kier molecular flexibility index (Phi) is 5.86. The first-order valence-electron chi connectivity index (χ1n) is 8.34. The van der Waals surface area contributed by atoms with Crippen LogP contribution in [0.25, 0.3) is 11.3 Å². The molecule has 0 spiro atoms. The van der Waals surface area contributed by atoms with Crippen LogP contribution in [-0.4, -0.2) is 21.4 Å². The molecule has 0 unspecified atom stereocenters. The molecule has 0 fully saturated rings. The first-order chi connectivity index (χ1) is 12.3. The van der Waals surface area contributed by atoms with Crippen LogP contribution in [0.4, 0.5) is 0 Å². The van der Waals surface area contributed by atoms with Gasteiger partial charge in [0, 0.05) is 50.2 Å². The Bertz CT molecular complexity index is 825. The van der Waals surface area contributed by atoms with Crippen molar-refractivity contribution in [2.24, 2.45) is 0 Å². The highest BCUT2D eigenvalue weighted by Crippen LogP contribution is 2.19. The summed E-state index contributed by atoms with van der Waals surface area (Å²) in [7, 11) is 0. The van der Waals surface area contributed by atoms with E-state index in [1.54, 1.807) is 12.4 Å². The van der Waals surface area contributed by atoms with Crippen molar-refractivity contribution in [1.29, 1.82) is 5.26 Å². The van der Waals surface area contributed by atoms with Crippen LogP contribution in [0.5, 0.6) is 0 Å². The number of nitrogens with zero attached hydrogens (tertiary/aromatic N) is 4. The Balaban J connectivity index is 1.76. The summed E-state index contributed by atoms with van der Waals surface area (Å²) in [6.07, 6.45) is 5.94. The third kappa shape index (κ3) is 4.97. The first-order valence-corrected chi connectivity index (χ1v) is 8.34. The lowest BCUT2D eigenvalue weighted by molar-refractivity contribution is 0.263. The van der Waals surface area contributed by atoms with Crippen LogP contribution in [0.15, 0.2) is 73.2 Å². The fourth-order valence-corrected chi connectivity index (χ4v) is 2.79. The first kappa shape index (κ1) is 16.8. The summed E-state index contributed by atoms with van der Waals surface area (Å²) in [5.41, 5.74) is 4.51. The van der Waals surface area contributed by atoms with Gasteiger partial charge in [0.25, 0.3) is 0 Å². The molecule has 0 N–H and O–H groups in total. The molecule has 1 aromatic carbocycles. The van der Waals surface area contributed by atoms with Gasteiger partial charge >= 0.3 is 0 Å². The van der Waals surface area contributed by atoms with Gasteiger partial charge in [0.2, 0.25) is 0 Å². The molecule has 4 heteroatoms. The largest absolute Gasteiger partial charge is 0.294 e. The third-order valence-electron chi connectivity index (χ3n) is 3.99. The van der Waals surface area contributed by atoms with Crippen LogP contribution in [0.3, 0.4) is 0 Å². The molecular weight excluding hydrogens is 308 g/mol. The SMILES string of the molecule is N#CCCN(Cc1ccncc1)Cc1cccc(-c2ccccn2)c1. The molecular formula is C21H20N4. The molecule has 0 aliphatic heterocycles. The van der Waals surface area contributed by atoms with E-state index in [2.05, 4.69) is 45.2 Å². The maximum Gasteiger partial charge on any atom is 0.0702 e. The molecule has 3 rings (SSSR count). The van der Waals surface area contributed by atoms with Gasteiger partial charge in [0.05, 0.1) is 11.8 Å². The summed E-state index contributed by atoms with van der Waals surface area (Å²) in [5, 5.41) is 8.95. The number of rotatable bonds is 7. The van der Waals surface area contributed by atoms with Crippen molar-refractivity contribution < 1.29 is 0 Å². The summed E-state index contributed by atoms with van der Waals surface area (Å²) in [6.45, 7) is 2.34. The number of nitriles is 1. The molecule has 0 atom stereocenters. The number of hydrogen-bond acceptors (Lipinski definition) is 4. The molecule has 4 nitrogen and oxygen atoms in total. The van der Waals surface area contributed by atoms with Crippen molar-refractivity contribution in [2.75, 3.05) is 6.54 Å². The summed E-state index contributed by atoms with van der Waals surface area (Å²) in [4.78, 5) is 10.8. The molecule has 3 aromatic rings. The van der Waals surface area contributed by atoms with E-state index in [4.69, 9.17) is 5.26 Å². The Labute approximate surface area is 148 Å². The van der Waals surface area contributed by atoms with E-state index in [1.165, 1.54) is 11.1 Å². The van der Waals surface area contributed by atoms with E-state index in [9.17, 15) is 0 Å². The predicted octanol–water partition coefficient (Wildman–Crippen LogP) is 4.06. The molecule has 0 radical (unpaired) electrons. The van der Waals surface area contributed by atoms with Crippen LogP contribution >= 0.6 is 0 Å². The van der Waals surface area contributed by atoms with E-state index in [1.807, 2.05) is 36.5 Å². The van der Waals surface area contributed by atoms with E-state index < -0.39 is 0 Å². The second-order valence-electron chi connectivity index (χ2n) is 5.89. The minimum absolute atomic E-state index is 0.519. The topological polar surface area (TPSA) is 52.8 Å². The Morgan fingerprint density at radius 3 is 2.48 bits per heavy atom. The van der Waals surface area contributed by atoms with E-state index >= 15 is 0 Å². The van der Waals surface area contributed by atoms with Gasteiger partial charge in [-0.15, -0.1) is 0 Å². The van der Waals surface area contributed by atoms with Crippen molar-refractivity contribution >= 4 is 0 Å². The lowest BCUT2D eigenvalue weighted by atomic mass is 10.1. The fraction of sp³-hybridized carbons (Fsp3) is 0.190. The number of pyridine rings is 2. The van der Waals surface area contributed by atoms with Crippen molar-refractivity contribution in [1.82, 2.24) is 14.9 Å². The van der Waals surface area contributed by atoms with Crippen molar-refractivity contribution in [3.63, 3.8) is 0 Å². The highest BCUT2D eigenvalue weighted by Gasteiger charge is 2.08. The highest BCUT2D eigenvalue weighted by molar-refractivity contribution is 5.59. The monoisotopic (exact) mass is 328 g/mol. The molecule has 0 bridgehead atoms. The van der Waals surface area contributed by atoms with Gasteiger partial charge in [-0.25, -0.2) is 0 Å². The van der Waals surface area contributed by atoms with E-state index in [0.29, 0.717) is 6.42 Å². The maximum atomic E-state index is 8.95. The normalized spacial score (nSPS) is 10.6. The zero-order valence-electron chi connectivity index (χ0n) is 14.0.